The van der Waals surface area contributed by atoms with Gasteiger partial charge in [0.15, 0.2) is 0 Å². The molecule has 6 aromatic carbocycles. The first-order valence-electron chi connectivity index (χ1n) is 20.5. The van der Waals surface area contributed by atoms with Crippen LogP contribution in [0.4, 0.5) is 22.7 Å². The van der Waals surface area contributed by atoms with Crippen LogP contribution in [0.2, 0.25) is 0 Å². The maximum atomic E-state index is 6.63. The van der Waals surface area contributed by atoms with Crippen LogP contribution in [0.5, 0.6) is 11.5 Å². The fourth-order valence-corrected chi connectivity index (χ4v) is 9.15. The van der Waals surface area contributed by atoms with Crippen molar-refractivity contribution in [3.05, 3.63) is 193 Å². The summed E-state index contributed by atoms with van der Waals surface area (Å²) in [4.78, 5) is 14.2. The Bertz CT molecular complexity index is 3150. The summed E-state index contributed by atoms with van der Waals surface area (Å²) in [5, 5.41) is 2.06. The molecule has 7 heteroatoms. The molecule has 0 radical (unpaired) electrons. The normalized spacial score (nSPS) is 13.9. The molecule has 9 aromatic rings. The molecular formula is C54H42N5OPt-3. The summed E-state index contributed by atoms with van der Waals surface area (Å²) in [6.45, 7) is 13.5. The van der Waals surface area contributed by atoms with E-state index in [1.807, 2.05) is 36.7 Å². The molecule has 0 unspecified atom stereocenters. The topological polar surface area (TPSA) is 46.4 Å². The van der Waals surface area contributed by atoms with E-state index in [-0.39, 0.29) is 31.9 Å². The van der Waals surface area contributed by atoms with Crippen molar-refractivity contribution >= 4 is 44.7 Å². The molecule has 2 aliphatic rings. The number of para-hydroxylation sites is 2. The van der Waals surface area contributed by atoms with Crippen LogP contribution in [0.15, 0.2) is 158 Å². The molecule has 0 saturated carbocycles. The zero-order chi connectivity index (χ0) is 40.8. The second-order valence-electron chi connectivity index (χ2n) is 17.2. The fraction of sp³-hybridized carbons (Fsp3) is 0.130. The molecule has 6 nitrogen and oxygen atoms in total. The van der Waals surface area contributed by atoms with Gasteiger partial charge in [-0.25, -0.2) is 9.97 Å². The van der Waals surface area contributed by atoms with Gasteiger partial charge in [0.1, 0.15) is 11.5 Å². The first-order chi connectivity index (χ1) is 29.1. The zero-order valence-corrected chi connectivity index (χ0v) is 36.8. The van der Waals surface area contributed by atoms with Crippen LogP contribution < -0.4 is 14.5 Å². The van der Waals surface area contributed by atoms with Gasteiger partial charge < -0.3 is 19.1 Å². The van der Waals surface area contributed by atoms with E-state index < -0.39 is 0 Å². The molecule has 11 rings (SSSR count). The summed E-state index contributed by atoms with van der Waals surface area (Å²) >= 11 is 0. The van der Waals surface area contributed by atoms with Crippen LogP contribution in [-0.2, 0) is 31.9 Å². The molecule has 302 valence electrons. The molecule has 3 aromatic heterocycles. The summed E-state index contributed by atoms with van der Waals surface area (Å²) in [5.41, 5.74) is 14.4. The van der Waals surface area contributed by atoms with E-state index >= 15 is 0 Å². The molecule has 0 spiro atoms. The molecule has 0 amide bonds. The summed E-state index contributed by atoms with van der Waals surface area (Å²) in [7, 11) is 0. The average molecular weight is 972 g/mol. The first kappa shape index (κ1) is 38.7. The SMILES string of the molecule is CC(C)(C)c1ccnc(-n2c3[c-]c(Oc4[c-]c(N5[CH-]N(c6c(-c7ccccc7)ccc7c6-c6ccccc6C7(C)C)c6ccccc65)ccc4)ccc3c3cccnc32)c1.[Pt]. The van der Waals surface area contributed by atoms with Crippen molar-refractivity contribution in [1.82, 2.24) is 14.5 Å². The Morgan fingerprint density at radius 3 is 2.20 bits per heavy atom. The number of nitrogens with zero attached hydrogens (tertiary/aromatic N) is 5. The maximum absolute atomic E-state index is 6.63. The van der Waals surface area contributed by atoms with Crippen molar-refractivity contribution in [3.8, 4) is 39.6 Å². The van der Waals surface area contributed by atoms with Gasteiger partial charge >= 0.3 is 0 Å². The minimum Gasteiger partial charge on any atom is -0.509 e. The smallest absolute Gasteiger partial charge is 0.137 e. The first-order valence-corrected chi connectivity index (χ1v) is 20.5. The summed E-state index contributed by atoms with van der Waals surface area (Å²) < 4.78 is 8.72. The minimum absolute atomic E-state index is 0. The Hall–Kier alpha value is -6.49. The number of hydrogen-bond donors (Lipinski definition) is 0. The number of anilines is 4. The number of pyridine rings is 2. The van der Waals surface area contributed by atoms with Crippen molar-refractivity contribution in [2.45, 2.75) is 45.4 Å². The van der Waals surface area contributed by atoms with Crippen molar-refractivity contribution in [2.24, 2.45) is 0 Å². The van der Waals surface area contributed by atoms with Crippen LogP contribution >= 0.6 is 0 Å². The van der Waals surface area contributed by atoms with Crippen LogP contribution in [0.25, 0.3) is 50.0 Å². The van der Waals surface area contributed by atoms with Gasteiger partial charge in [0, 0.05) is 78.6 Å². The van der Waals surface area contributed by atoms with Crippen molar-refractivity contribution in [3.63, 3.8) is 0 Å². The Morgan fingerprint density at radius 2 is 1.38 bits per heavy atom. The molecule has 0 N–H and O–H groups in total. The Morgan fingerprint density at radius 1 is 0.623 bits per heavy atom. The maximum Gasteiger partial charge on any atom is 0.137 e. The van der Waals surface area contributed by atoms with Crippen LogP contribution in [0.1, 0.15) is 51.3 Å². The second kappa shape index (κ2) is 14.6. The number of fused-ring (bicyclic) bond motifs is 7. The van der Waals surface area contributed by atoms with Crippen molar-refractivity contribution in [1.29, 1.82) is 0 Å². The van der Waals surface area contributed by atoms with E-state index in [1.165, 1.54) is 38.9 Å². The third-order valence-corrected chi connectivity index (χ3v) is 12.2. The molecule has 0 fully saturated rings. The predicted octanol–water partition coefficient (Wildman–Crippen LogP) is 13.6. The monoisotopic (exact) mass is 971 g/mol. The van der Waals surface area contributed by atoms with Gasteiger partial charge in [-0.1, -0.05) is 125 Å². The van der Waals surface area contributed by atoms with E-state index in [0.29, 0.717) is 11.5 Å². The van der Waals surface area contributed by atoms with Gasteiger partial charge in [0.2, 0.25) is 0 Å². The third-order valence-electron chi connectivity index (χ3n) is 12.2. The Labute approximate surface area is 371 Å². The van der Waals surface area contributed by atoms with Gasteiger partial charge in [-0.05, 0) is 69.0 Å². The standard InChI is InChI=1S/C54H42N5O.Pt/c1-53(2,3)36-28-30-55-49(31-36)59-48-33-39(24-25-41(48)42-20-14-29-56-52(42)59)60-38-18-13-17-37(32-38)57-34-58(47-23-12-11-22-46(47)57)51-40(35-15-7-6-8-16-35)26-27-45-50(51)43-19-9-10-21-44(43)54(45,4)5;/h6-31,34H,1-5H3;/q-3;. The van der Waals surface area contributed by atoms with Crippen molar-refractivity contribution < 1.29 is 25.8 Å². The third kappa shape index (κ3) is 6.27. The largest absolute Gasteiger partial charge is 0.509 e. The Balaban J connectivity index is 0.00000445. The number of benzene rings is 6. The number of hydrogen-bond acceptors (Lipinski definition) is 5. The van der Waals surface area contributed by atoms with Gasteiger partial charge in [0.05, 0.1) is 0 Å². The predicted molar refractivity (Wildman–Crippen MR) is 244 cm³/mol. The fourth-order valence-electron chi connectivity index (χ4n) is 9.15. The summed E-state index contributed by atoms with van der Waals surface area (Å²) in [6, 6.07) is 58.4. The molecule has 0 bridgehead atoms. The van der Waals surface area contributed by atoms with E-state index in [2.05, 4.69) is 189 Å². The molecule has 0 atom stereocenters. The van der Waals surface area contributed by atoms with E-state index in [1.54, 1.807) is 0 Å². The van der Waals surface area contributed by atoms with E-state index in [9.17, 15) is 0 Å². The quantitative estimate of drug-likeness (QED) is 0.155. The molecule has 4 heterocycles. The number of rotatable bonds is 6. The molecule has 1 aliphatic carbocycles. The van der Waals surface area contributed by atoms with Crippen LogP contribution in [0, 0.1) is 18.8 Å². The Kier molecular flexibility index (Phi) is 9.26. The van der Waals surface area contributed by atoms with E-state index in [4.69, 9.17) is 14.7 Å². The molecular weight excluding hydrogens is 930 g/mol. The van der Waals surface area contributed by atoms with Gasteiger partial charge in [-0.3, -0.25) is 0 Å². The average Bonchev–Trinajstić information content (AvgIpc) is 3.89. The number of aromatic nitrogens is 3. The minimum atomic E-state index is -0.147. The summed E-state index contributed by atoms with van der Waals surface area (Å²) in [6.07, 6.45) is 3.70. The van der Waals surface area contributed by atoms with Gasteiger partial charge in [-0.15, -0.1) is 48.1 Å². The van der Waals surface area contributed by atoms with Crippen LogP contribution in [0.3, 0.4) is 0 Å². The van der Waals surface area contributed by atoms with Gasteiger partial charge in [0.25, 0.3) is 0 Å². The molecule has 1 aliphatic heterocycles. The molecule has 0 saturated heterocycles. The van der Waals surface area contributed by atoms with Crippen LogP contribution in [-0.4, -0.2) is 14.5 Å². The summed E-state index contributed by atoms with van der Waals surface area (Å²) in [5.74, 6) is 1.96. The zero-order valence-electron chi connectivity index (χ0n) is 34.5. The van der Waals surface area contributed by atoms with Crippen molar-refractivity contribution in [2.75, 3.05) is 9.80 Å². The molecule has 61 heavy (non-hydrogen) atoms. The second-order valence-corrected chi connectivity index (χ2v) is 17.2. The van der Waals surface area contributed by atoms with Gasteiger partial charge in [-0.2, -0.15) is 12.1 Å². The number of ether oxygens (including phenoxy) is 1. The van der Waals surface area contributed by atoms with E-state index in [0.717, 1.165) is 50.5 Å².